The molecule has 82 valence electrons. The second-order valence-electron chi connectivity index (χ2n) is 4.73. The van der Waals surface area contributed by atoms with Gasteiger partial charge in [-0.15, -0.1) is 0 Å². The van der Waals surface area contributed by atoms with Crippen LogP contribution in [0.5, 0.6) is 0 Å². The monoisotopic (exact) mass is 199 g/mol. The minimum absolute atomic E-state index is 0.103. The first-order valence-electron chi connectivity index (χ1n) is 5.45. The van der Waals surface area contributed by atoms with Crippen molar-refractivity contribution in [2.75, 3.05) is 13.1 Å². The van der Waals surface area contributed by atoms with E-state index in [2.05, 4.69) is 25.7 Å². The largest absolute Gasteiger partial charge is 0.481 e. The third kappa shape index (κ3) is 2.98. The highest BCUT2D eigenvalue weighted by molar-refractivity contribution is 5.68. The van der Waals surface area contributed by atoms with Gasteiger partial charge in [0, 0.05) is 12.6 Å². The molecule has 1 N–H and O–H groups in total. The van der Waals surface area contributed by atoms with Crippen molar-refractivity contribution < 1.29 is 9.90 Å². The van der Waals surface area contributed by atoms with Crippen LogP contribution in [0, 0.1) is 5.41 Å². The fourth-order valence-electron chi connectivity index (χ4n) is 1.98. The van der Waals surface area contributed by atoms with Crippen LogP contribution in [-0.2, 0) is 4.79 Å². The zero-order valence-corrected chi connectivity index (χ0v) is 9.42. The van der Waals surface area contributed by atoms with Crippen LogP contribution >= 0.6 is 0 Å². The van der Waals surface area contributed by atoms with E-state index in [1.54, 1.807) is 0 Å². The van der Waals surface area contributed by atoms with Crippen LogP contribution < -0.4 is 0 Å². The Kier molecular flexibility index (Phi) is 3.53. The smallest absolute Gasteiger partial charge is 0.303 e. The van der Waals surface area contributed by atoms with Gasteiger partial charge in [0.1, 0.15) is 0 Å². The summed E-state index contributed by atoms with van der Waals surface area (Å²) >= 11 is 0. The third-order valence-electron chi connectivity index (χ3n) is 3.16. The molecule has 0 atom stereocenters. The minimum atomic E-state index is -0.651. The highest BCUT2D eigenvalue weighted by Crippen LogP contribution is 2.49. The summed E-state index contributed by atoms with van der Waals surface area (Å²) < 4.78 is 0. The zero-order chi connectivity index (χ0) is 10.8. The quantitative estimate of drug-likeness (QED) is 0.711. The number of hydrogen-bond acceptors (Lipinski definition) is 2. The van der Waals surface area contributed by atoms with Crippen LogP contribution in [0.4, 0.5) is 0 Å². The molecule has 14 heavy (non-hydrogen) atoms. The molecule has 1 saturated carbocycles. The lowest BCUT2D eigenvalue weighted by Crippen LogP contribution is -2.36. The maximum absolute atomic E-state index is 10.7. The lowest BCUT2D eigenvalue weighted by molar-refractivity contribution is -0.138. The lowest BCUT2D eigenvalue weighted by atomic mass is 10.0. The lowest BCUT2D eigenvalue weighted by Gasteiger charge is -2.28. The van der Waals surface area contributed by atoms with Gasteiger partial charge in [0.15, 0.2) is 0 Å². The molecule has 0 radical (unpaired) electrons. The first-order valence-corrected chi connectivity index (χ1v) is 5.45. The maximum atomic E-state index is 10.7. The van der Waals surface area contributed by atoms with E-state index in [0.29, 0.717) is 12.5 Å². The predicted molar refractivity (Wildman–Crippen MR) is 56.3 cm³/mol. The van der Waals surface area contributed by atoms with Crippen molar-refractivity contribution >= 4 is 5.97 Å². The molecule has 0 unspecified atom stereocenters. The Balaban J connectivity index is 2.45. The standard InChI is InChI=1S/C11H21NO2/c1-4-12(9(2)3)8-11(5-6-11)7-10(13)14/h9H,4-8H2,1-3H3,(H,13,14). The van der Waals surface area contributed by atoms with E-state index in [0.717, 1.165) is 25.9 Å². The molecule has 0 aromatic rings. The van der Waals surface area contributed by atoms with Crippen LogP contribution in [-0.4, -0.2) is 35.1 Å². The molecule has 0 bridgehead atoms. The molecule has 0 aromatic heterocycles. The third-order valence-corrected chi connectivity index (χ3v) is 3.16. The molecular formula is C11H21NO2. The molecule has 3 heteroatoms. The van der Waals surface area contributed by atoms with E-state index < -0.39 is 5.97 Å². The number of carboxylic acids is 1. The summed E-state index contributed by atoms with van der Waals surface area (Å²) in [5.41, 5.74) is 0.103. The second-order valence-corrected chi connectivity index (χ2v) is 4.73. The van der Waals surface area contributed by atoms with Gasteiger partial charge in [0.05, 0.1) is 6.42 Å². The normalized spacial score (nSPS) is 18.9. The fraction of sp³-hybridized carbons (Fsp3) is 0.909. The molecule has 1 fully saturated rings. The van der Waals surface area contributed by atoms with Gasteiger partial charge in [0.2, 0.25) is 0 Å². The molecule has 0 spiro atoms. The molecule has 0 aromatic carbocycles. The Morgan fingerprint density at radius 2 is 2.07 bits per heavy atom. The highest BCUT2D eigenvalue weighted by Gasteiger charge is 2.45. The number of nitrogens with zero attached hydrogens (tertiary/aromatic N) is 1. The van der Waals surface area contributed by atoms with Crippen molar-refractivity contribution in [2.45, 2.75) is 46.1 Å². The highest BCUT2D eigenvalue weighted by atomic mass is 16.4. The molecule has 1 aliphatic rings. The van der Waals surface area contributed by atoms with E-state index in [1.807, 2.05) is 0 Å². The van der Waals surface area contributed by atoms with Crippen molar-refractivity contribution in [1.29, 1.82) is 0 Å². The van der Waals surface area contributed by atoms with Crippen LogP contribution in [0.15, 0.2) is 0 Å². The average molecular weight is 199 g/mol. The summed E-state index contributed by atoms with van der Waals surface area (Å²) in [6, 6.07) is 0.520. The number of carboxylic acid groups (broad SMARTS) is 1. The van der Waals surface area contributed by atoms with Gasteiger partial charge in [-0.2, -0.15) is 0 Å². The van der Waals surface area contributed by atoms with Crippen molar-refractivity contribution in [3.8, 4) is 0 Å². The Labute approximate surface area is 86.1 Å². The van der Waals surface area contributed by atoms with Crippen molar-refractivity contribution in [3.05, 3.63) is 0 Å². The van der Waals surface area contributed by atoms with Gasteiger partial charge in [0.25, 0.3) is 0 Å². The summed E-state index contributed by atoms with van der Waals surface area (Å²) in [4.78, 5) is 13.0. The Morgan fingerprint density at radius 3 is 2.36 bits per heavy atom. The van der Waals surface area contributed by atoms with Crippen LogP contribution in [0.2, 0.25) is 0 Å². The summed E-state index contributed by atoms with van der Waals surface area (Å²) in [7, 11) is 0. The second kappa shape index (κ2) is 4.30. The van der Waals surface area contributed by atoms with Gasteiger partial charge in [-0.05, 0) is 38.6 Å². The molecule has 0 amide bonds. The van der Waals surface area contributed by atoms with Crippen LogP contribution in [0.3, 0.4) is 0 Å². The van der Waals surface area contributed by atoms with Gasteiger partial charge >= 0.3 is 5.97 Å². The number of hydrogen-bond donors (Lipinski definition) is 1. The topological polar surface area (TPSA) is 40.5 Å². The molecule has 1 rings (SSSR count). The van der Waals surface area contributed by atoms with E-state index in [1.165, 1.54) is 0 Å². The minimum Gasteiger partial charge on any atom is -0.481 e. The van der Waals surface area contributed by atoms with Gasteiger partial charge < -0.3 is 10.0 Å². The summed E-state index contributed by atoms with van der Waals surface area (Å²) in [5.74, 6) is -0.651. The summed E-state index contributed by atoms with van der Waals surface area (Å²) in [5, 5.41) is 8.79. The molecule has 3 nitrogen and oxygen atoms in total. The zero-order valence-electron chi connectivity index (χ0n) is 9.42. The Morgan fingerprint density at radius 1 is 1.50 bits per heavy atom. The molecule has 0 saturated heterocycles. The molecule has 0 aliphatic heterocycles. The SMILES string of the molecule is CCN(CC1(CC(=O)O)CC1)C(C)C. The van der Waals surface area contributed by atoms with E-state index in [4.69, 9.17) is 5.11 Å². The van der Waals surface area contributed by atoms with Gasteiger partial charge in [-0.3, -0.25) is 4.79 Å². The van der Waals surface area contributed by atoms with E-state index >= 15 is 0 Å². The molecule has 1 aliphatic carbocycles. The predicted octanol–water partition coefficient (Wildman–Crippen LogP) is 1.97. The van der Waals surface area contributed by atoms with E-state index in [-0.39, 0.29) is 5.41 Å². The van der Waals surface area contributed by atoms with Gasteiger partial charge in [-0.1, -0.05) is 6.92 Å². The summed E-state index contributed by atoms with van der Waals surface area (Å²) in [6.45, 7) is 8.43. The molecular weight excluding hydrogens is 178 g/mol. The maximum Gasteiger partial charge on any atom is 0.303 e. The Hall–Kier alpha value is -0.570. The van der Waals surface area contributed by atoms with Crippen molar-refractivity contribution in [1.82, 2.24) is 4.90 Å². The average Bonchev–Trinajstić information content (AvgIpc) is 2.79. The number of rotatable bonds is 6. The summed E-state index contributed by atoms with van der Waals surface area (Å²) in [6.07, 6.45) is 2.52. The fourth-order valence-corrected chi connectivity index (χ4v) is 1.98. The molecule has 0 heterocycles. The van der Waals surface area contributed by atoms with Crippen molar-refractivity contribution in [3.63, 3.8) is 0 Å². The van der Waals surface area contributed by atoms with Crippen LogP contribution in [0.25, 0.3) is 0 Å². The van der Waals surface area contributed by atoms with E-state index in [9.17, 15) is 4.79 Å². The van der Waals surface area contributed by atoms with Gasteiger partial charge in [-0.25, -0.2) is 0 Å². The first-order chi connectivity index (χ1) is 6.49. The first kappa shape index (κ1) is 11.5. The number of aliphatic carboxylic acids is 1. The van der Waals surface area contributed by atoms with Crippen molar-refractivity contribution in [2.24, 2.45) is 5.41 Å². The van der Waals surface area contributed by atoms with Crippen LogP contribution in [0.1, 0.15) is 40.0 Å². The Bertz CT molecular complexity index is 209. The number of carbonyl (C=O) groups is 1.